The van der Waals surface area contributed by atoms with Crippen LogP contribution in [0.2, 0.25) is 0 Å². The molecule has 2 N–H and O–H groups in total. The van der Waals surface area contributed by atoms with Gasteiger partial charge >= 0.3 is 6.18 Å². The van der Waals surface area contributed by atoms with E-state index in [2.05, 4.69) is 0 Å². The number of nitrogens with zero attached hydrogens (tertiary/aromatic N) is 1. The molecule has 0 unspecified atom stereocenters. The van der Waals surface area contributed by atoms with Crippen molar-refractivity contribution in [1.29, 1.82) is 0 Å². The van der Waals surface area contributed by atoms with Crippen LogP contribution in [0.15, 0.2) is 18.2 Å². The highest BCUT2D eigenvalue weighted by Gasteiger charge is 2.29. The lowest BCUT2D eigenvalue weighted by atomic mass is 10.1. The standard InChI is InChI=1S/C11H14F4N2/c1-17(7-11(13,14)15)6-9-2-8(5-16)3-10(12)4-9/h2-4H,5-7,16H2,1H3. The maximum absolute atomic E-state index is 13.1. The van der Waals surface area contributed by atoms with Crippen LogP contribution in [0.5, 0.6) is 0 Å². The van der Waals surface area contributed by atoms with Crippen LogP contribution in [0.4, 0.5) is 17.6 Å². The monoisotopic (exact) mass is 250 g/mol. The Balaban J connectivity index is 2.71. The number of nitrogens with two attached hydrogens (primary N) is 1. The summed E-state index contributed by atoms with van der Waals surface area (Å²) in [5.74, 6) is -0.483. The Morgan fingerprint density at radius 2 is 1.76 bits per heavy atom. The van der Waals surface area contributed by atoms with E-state index in [1.807, 2.05) is 0 Å². The van der Waals surface area contributed by atoms with Gasteiger partial charge < -0.3 is 5.73 Å². The molecule has 6 heteroatoms. The van der Waals surface area contributed by atoms with Gasteiger partial charge in [0, 0.05) is 13.1 Å². The summed E-state index contributed by atoms with van der Waals surface area (Å²) < 4.78 is 49.4. The molecule has 96 valence electrons. The van der Waals surface area contributed by atoms with Crippen molar-refractivity contribution in [2.45, 2.75) is 19.3 Å². The molecule has 1 aromatic rings. The topological polar surface area (TPSA) is 29.3 Å². The van der Waals surface area contributed by atoms with E-state index in [9.17, 15) is 17.6 Å². The molecule has 0 radical (unpaired) electrons. The Morgan fingerprint density at radius 3 is 2.29 bits per heavy atom. The number of halogens is 4. The first-order valence-electron chi connectivity index (χ1n) is 5.04. The molecule has 0 aliphatic heterocycles. The fourth-order valence-electron chi connectivity index (χ4n) is 1.60. The van der Waals surface area contributed by atoms with E-state index in [4.69, 9.17) is 5.73 Å². The average molecular weight is 250 g/mol. The van der Waals surface area contributed by atoms with Gasteiger partial charge in [-0.15, -0.1) is 0 Å². The smallest absolute Gasteiger partial charge is 0.326 e. The van der Waals surface area contributed by atoms with Gasteiger partial charge in [-0.05, 0) is 30.3 Å². The second-order valence-electron chi connectivity index (χ2n) is 3.96. The second kappa shape index (κ2) is 5.46. The van der Waals surface area contributed by atoms with Crippen LogP contribution in [-0.4, -0.2) is 24.7 Å². The van der Waals surface area contributed by atoms with Crippen molar-refractivity contribution in [3.63, 3.8) is 0 Å². The Kier molecular flexibility index (Phi) is 4.47. The van der Waals surface area contributed by atoms with Gasteiger partial charge in [0.05, 0.1) is 6.54 Å². The molecule has 0 atom stereocenters. The van der Waals surface area contributed by atoms with Crippen LogP contribution in [0.25, 0.3) is 0 Å². The number of alkyl halides is 3. The SMILES string of the molecule is CN(Cc1cc(F)cc(CN)c1)CC(F)(F)F. The molecular formula is C11H14F4N2. The van der Waals surface area contributed by atoms with Gasteiger partial charge in [-0.2, -0.15) is 13.2 Å². The second-order valence-corrected chi connectivity index (χ2v) is 3.96. The molecule has 0 saturated carbocycles. The van der Waals surface area contributed by atoms with E-state index in [0.717, 1.165) is 4.90 Å². The zero-order chi connectivity index (χ0) is 13.1. The summed E-state index contributed by atoms with van der Waals surface area (Å²) in [7, 11) is 1.33. The van der Waals surface area contributed by atoms with Crippen LogP contribution in [-0.2, 0) is 13.1 Å². The lowest BCUT2D eigenvalue weighted by molar-refractivity contribution is -0.144. The number of hydrogen-bond acceptors (Lipinski definition) is 2. The highest BCUT2D eigenvalue weighted by Crippen LogP contribution is 2.17. The van der Waals surface area contributed by atoms with Gasteiger partial charge in [0.15, 0.2) is 0 Å². The molecule has 0 aliphatic rings. The molecule has 2 nitrogen and oxygen atoms in total. The minimum atomic E-state index is -4.25. The highest BCUT2D eigenvalue weighted by molar-refractivity contribution is 5.24. The Labute approximate surface area is 97.0 Å². The molecule has 1 rings (SSSR count). The van der Waals surface area contributed by atoms with Crippen molar-refractivity contribution in [3.05, 3.63) is 35.1 Å². The van der Waals surface area contributed by atoms with Crippen molar-refractivity contribution in [1.82, 2.24) is 4.90 Å². The van der Waals surface area contributed by atoms with Crippen LogP contribution >= 0.6 is 0 Å². The minimum Gasteiger partial charge on any atom is -0.326 e. The zero-order valence-electron chi connectivity index (χ0n) is 9.39. The molecule has 0 fully saturated rings. The number of benzene rings is 1. The predicted molar refractivity (Wildman–Crippen MR) is 56.7 cm³/mol. The lowest BCUT2D eigenvalue weighted by Crippen LogP contribution is -2.30. The van der Waals surface area contributed by atoms with E-state index in [-0.39, 0.29) is 13.1 Å². The van der Waals surface area contributed by atoms with Gasteiger partial charge in [-0.1, -0.05) is 6.07 Å². The summed E-state index contributed by atoms with van der Waals surface area (Å²) >= 11 is 0. The Bertz CT molecular complexity index is 376. The van der Waals surface area contributed by atoms with Crippen molar-refractivity contribution in [2.75, 3.05) is 13.6 Å². The van der Waals surface area contributed by atoms with Crippen molar-refractivity contribution in [2.24, 2.45) is 5.73 Å². The van der Waals surface area contributed by atoms with Gasteiger partial charge in [-0.3, -0.25) is 4.90 Å². The van der Waals surface area contributed by atoms with Crippen molar-refractivity contribution < 1.29 is 17.6 Å². The summed E-state index contributed by atoms with van der Waals surface area (Å²) in [6.07, 6.45) is -4.25. The summed E-state index contributed by atoms with van der Waals surface area (Å²) in [5.41, 5.74) is 6.41. The molecule has 0 saturated heterocycles. The molecule has 0 aromatic heterocycles. The molecule has 0 aliphatic carbocycles. The average Bonchev–Trinajstić information content (AvgIpc) is 2.13. The third-order valence-corrected chi connectivity index (χ3v) is 2.15. The van der Waals surface area contributed by atoms with E-state index in [0.29, 0.717) is 11.1 Å². The number of rotatable bonds is 4. The molecular weight excluding hydrogens is 236 g/mol. The summed E-state index contributed by atoms with van der Waals surface area (Å²) in [4.78, 5) is 1.08. The van der Waals surface area contributed by atoms with E-state index < -0.39 is 18.5 Å². The maximum Gasteiger partial charge on any atom is 0.401 e. The van der Waals surface area contributed by atoms with Gasteiger partial charge in [0.1, 0.15) is 5.82 Å². The zero-order valence-corrected chi connectivity index (χ0v) is 9.39. The first kappa shape index (κ1) is 13.9. The van der Waals surface area contributed by atoms with E-state index in [1.165, 1.54) is 19.2 Å². The van der Waals surface area contributed by atoms with Crippen LogP contribution in [0.3, 0.4) is 0 Å². The molecule has 0 bridgehead atoms. The lowest BCUT2D eigenvalue weighted by Gasteiger charge is -2.18. The third-order valence-electron chi connectivity index (χ3n) is 2.15. The number of hydrogen-bond donors (Lipinski definition) is 1. The summed E-state index contributed by atoms with van der Waals surface area (Å²) in [6, 6.07) is 4.09. The van der Waals surface area contributed by atoms with Crippen LogP contribution in [0, 0.1) is 5.82 Å². The quantitative estimate of drug-likeness (QED) is 0.831. The van der Waals surface area contributed by atoms with Crippen molar-refractivity contribution in [3.8, 4) is 0 Å². The summed E-state index contributed by atoms with van der Waals surface area (Å²) in [5, 5.41) is 0. The maximum atomic E-state index is 13.1. The molecule has 1 aromatic carbocycles. The predicted octanol–water partition coefficient (Wildman–Crippen LogP) is 2.28. The molecule has 17 heavy (non-hydrogen) atoms. The van der Waals surface area contributed by atoms with Gasteiger partial charge in [0.25, 0.3) is 0 Å². The first-order chi connectivity index (χ1) is 7.80. The van der Waals surface area contributed by atoms with E-state index in [1.54, 1.807) is 6.07 Å². The fourth-order valence-corrected chi connectivity index (χ4v) is 1.60. The van der Waals surface area contributed by atoms with Crippen LogP contribution in [0.1, 0.15) is 11.1 Å². The Hall–Kier alpha value is -1.14. The normalized spacial score (nSPS) is 12.2. The molecule has 0 amide bonds. The van der Waals surface area contributed by atoms with E-state index >= 15 is 0 Å². The highest BCUT2D eigenvalue weighted by atomic mass is 19.4. The van der Waals surface area contributed by atoms with Gasteiger partial charge in [-0.25, -0.2) is 4.39 Å². The first-order valence-corrected chi connectivity index (χ1v) is 5.04. The Morgan fingerprint density at radius 1 is 1.18 bits per heavy atom. The third kappa shape index (κ3) is 5.14. The molecule has 0 heterocycles. The summed E-state index contributed by atoms with van der Waals surface area (Å²) in [6.45, 7) is -0.834. The van der Waals surface area contributed by atoms with Crippen LogP contribution < -0.4 is 5.73 Å². The molecule has 0 spiro atoms. The fraction of sp³-hybridized carbons (Fsp3) is 0.455. The van der Waals surface area contributed by atoms with Crippen molar-refractivity contribution >= 4 is 0 Å². The largest absolute Gasteiger partial charge is 0.401 e. The minimum absolute atomic E-state index is 0.0320. The van der Waals surface area contributed by atoms with Gasteiger partial charge in [0.2, 0.25) is 0 Å².